The highest BCUT2D eigenvalue weighted by molar-refractivity contribution is 6.02. The molecule has 5 nitrogen and oxygen atoms in total. The van der Waals surface area contributed by atoms with Gasteiger partial charge in [-0.05, 0) is 60.5 Å². The smallest absolute Gasteiger partial charge is 0.257 e. The van der Waals surface area contributed by atoms with E-state index in [1.807, 2.05) is 54.1 Å². The van der Waals surface area contributed by atoms with Crippen molar-refractivity contribution in [3.05, 3.63) is 120 Å². The Balaban J connectivity index is 1.56. The molecule has 0 saturated heterocycles. The molecule has 0 N–H and O–H groups in total. The molecule has 1 unspecified atom stereocenters. The third kappa shape index (κ3) is 4.65. The van der Waals surface area contributed by atoms with Crippen molar-refractivity contribution in [3.63, 3.8) is 0 Å². The van der Waals surface area contributed by atoms with Crippen LogP contribution in [0.15, 0.2) is 91.1 Å². The number of benzene rings is 3. The molecular formula is C30H27F2N3O2. The number of nitrogens with zero attached hydrogens (tertiary/aromatic N) is 3. The van der Waals surface area contributed by atoms with Crippen LogP contribution in [0.25, 0.3) is 5.69 Å². The van der Waals surface area contributed by atoms with Gasteiger partial charge in [0.2, 0.25) is 5.91 Å². The monoisotopic (exact) mass is 499 g/mol. The largest absolute Gasteiger partial charge is 0.329 e. The minimum atomic E-state index is -0.619. The number of unbranched alkanes of at least 4 members (excludes halogenated alkanes) is 1. The van der Waals surface area contributed by atoms with E-state index in [-0.39, 0.29) is 23.8 Å². The van der Waals surface area contributed by atoms with Gasteiger partial charge in [-0.2, -0.15) is 0 Å². The number of para-hydroxylation sites is 2. The highest BCUT2D eigenvalue weighted by Gasteiger charge is 2.37. The third-order valence-electron chi connectivity index (χ3n) is 6.67. The second kappa shape index (κ2) is 10.4. The molecular weight excluding hydrogens is 472 g/mol. The Kier molecular flexibility index (Phi) is 6.86. The number of halogens is 2. The summed E-state index contributed by atoms with van der Waals surface area (Å²) in [7, 11) is 0. The minimum Gasteiger partial charge on any atom is -0.329 e. The van der Waals surface area contributed by atoms with E-state index in [0.717, 1.165) is 23.4 Å². The maximum Gasteiger partial charge on any atom is 0.257 e. The van der Waals surface area contributed by atoms with Crippen LogP contribution in [0.4, 0.5) is 14.5 Å². The molecule has 0 radical (unpaired) electrons. The Morgan fingerprint density at radius 2 is 1.57 bits per heavy atom. The van der Waals surface area contributed by atoms with E-state index < -0.39 is 17.8 Å². The van der Waals surface area contributed by atoms with Crippen molar-refractivity contribution in [3.8, 4) is 5.69 Å². The molecule has 4 aromatic rings. The Morgan fingerprint density at radius 3 is 2.30 bits per heavy atom. The van der Waals surface area contributed by atoms with Crippen LogP contribution in [-0.2, 0) is 4.79 Å². The van der Waals surface area contributed by atoms with Crippen LogP contribution >= 0.6 is 0 Å². The van der Waals surface area contributed by atoms with Crippen LogP contribution in [0.3, 0.4) is 0 Å². The van der Waals surface area contributed by atoms with Gasteiger partial charge in [0.1, 0.15) is 24.2 Å². The van der Waals surface area contributed by atoms with E-state index in [1.54, 1.807) is 23.1 Å². The molecule has 1 aliphatic rings. The van der Waals surface area contributed by atoms with Gasteiger partial charge in [-0.15, -0.1) is 0 Å². The molecule has 1 aliphatic heterocycles. The van der Waals surface area contributed by atoms with E-state index in [9.17, 15) is 18.4 Å². The van der Waals surface area contributed by atoms with Crippen molar-refractivity contribution < 1.29 is 18.4 Å². The number of aromatic nitrogens is 1. The molecule has 0 spiro atoms. The highest BCUT2D eigenvalue weighted by Crippen LogP contribution is 2.42. The average molecular weight is 500 g/mol. The van der Waals surface area contributed by atoms with Gasteiger partial charge < -0.3 is 9.47 Å². The molecule has 0 bridgehead atoms. The van der Waals surface area contributed by atoms with Crippen molar-refractivity contribution >= 4 is 17.5 Å². The van der Waals surface area contributed by atoms with Gasteiger partial charge in [-0.3, -0.25) is 14.5 Å². The topological polar surface area (TPSA) is 45.6 Å². The lowest BCUT2D eigenvalue weighted by Crippen LogP contribution is -2.47. The molecule has 3 aromatic carbocycles. The van der Waals surface area contributed by atoms with Gasteiger partial charge >= 0.3 is 0 Å². The molecule has 1 atom stereocenters. The molecule has 188 valence electrons. The van der Waals surface area contributed by atoms with Crippen molar-refractivity contribution in [2.75, 3.05) is 18.0 Å². The molecule has 37 heavy (non-hydrogen) atoms. The van der Waals surface area contributed by atoms with E-state index in [1.165, 1.54) is 35.2 Å². The minimum absolute atomic E-state index is 0.0607. The van der Waals surface area contributed by atoms with Crippen LogP contribution < -0.4 is 4.90 Å². The van der Waals surface area contributed by atoms with Crippen molar-refractivity contribution in [1.29, 1.82) is 0 Å². The molecule has 0 fully saturated rings. The maximum absolute atomic E-state index is 14.5. The first kappa shape index (κ1) is 24.4. The lowest BCUT2D eigenvalue weighted by Gasteiger charge is -2.39. The Hall–Kier alpha value is -4.26. The van der Waals surface area contributed by atoms with Crippen LogP contribution in [0.5, 0.6) is 0 Å². The maximum atomic E-state index is 14.5. The molecule has 7 heteroatoms. The summed E-state index contributed by atoms with van der Waals surface area (Å²) in [5.74, 6) is -1.82. The first-order chi connectivity index (χ1) is 18.0. The molecule has 0 aliphatic carbocycles. The molecule has 2 heterocycles. The first-order valence-corrected chi connectivity index (χ1v) is 12.4. The fourth-order valence-corrected chi connectivity index (χ4v) is 4.87. The number of anilines is 1. The van der Waals surface area contributed by atoms with Crippen LogP contribution in [0.2, 0.25) is 0 Å². The SMILES string of the molecule is CCCCN(CC(=O)N1c2ccccc2-n2cccc2C1c1ccc(F)cc1)C(=O)c1ccccc1F. The molecule has 2 amide bonds. The van der Waals surface area contributed by atoms with Crippen molar-refractivity contribution in [2.45, 2.75) is 25.8 Å². The summed E-state index contributed by atoms with van der Waals surface area (Å²) in [6.45, 7) is 2.09. The quantitative estimate of drug-likeness (QED) is 0.307. The van der Waals surface area contributed by atoms with E-state index in [4.69, 9.17) is 0 Å². The van der Waals surface area contributed by atoms with E-state index in [2.05, 4.69) is 0 Å². The van der Waals surface area contributed by atoms with Gasteiger partial charge in [0.15, 0.2) is 0 Å². The molecule has 5 rings (SSSR count). The fraction of sp³-hybridized carbons (Fsp3) is 0.200. The zero-order chi connectivity index (χ0) is 25.9. The lowest BCUT2D eigenvalue weighted by atomic mass is 9.97. The second-order valence-corrected chi connectivity index (χ2v) is 9.07. The predicted molar refractivity (Wildman–Crippen MR) is 139 cm³/mol. The number of fused-ring (bicyclic) bond motifs is 3. The van der Waals surface area contributed by atoms with E-state index in [0.29, 0.717) is 18.7 Å². The standard InChI is InChI=1S/C30H27F2N3O2/c1-2-3-18-33(30(37)23-9-4-5-10-24(23)32)20-28(36)35-26-12-7-6-11-25(26)34-19-8-13-27(34)29(35)21-14-16-22(31)17-15-21/h4-17,19,29H,2-3,18,20H2,1H3. The number of amides is 2. The lowest BCUT2D eigenvalue weighted by molar-refractivity contribution is -0.119. The van der Waals surface area contributed by atoms with Crippen LogP contribution in [0, 0.1) is 11.6 Å². The van der Waals surface area contributed by atoms with E-state index >= 15 is 0 Å². The second-order valence-electron chi connectivity index (χ2n) is 9.07. The average Bonchev–Trinajstić information content (AvgIpc) is 3.41. The number of hydrogen-bond donors (Lipinski definition) is 0. The predicted octanol–water partition coefficient (Wildman–Crippen LogP) is 6.13. The Morgan fingerprint density at radius 1 is 0.865 bits per heavy atom. The zero-order valence-electron chi connectivity index (χ0n) is 20.5. The van der Waals surface area contributed by atoms with Crippen LogP contribution in [0.1, 0.15) is 47.4 Å². The summed E-state index contributed by atoms with van der Waals surface area (Å²) >= 11 is 0. The number of rotatable bonds is 7. The van der Waals surface area contributed by atoms with Crippen molar-refractivity contribution in [2.24, 2.45) is 0 Å². The Bertz CT molecular complexity index is 1430. The highest BCUT2D eigenvalue weighted by atomic mass is 19.1. The fourth-order valence-electron chi connectivity index (χ4n) is 4.87. The van der Waals surface area contributed by atoms with Crippen LogP contribution in [-0.4, -0.2) is 34.4 Å². The zero-order valence-corrected chi connectivity index (χ0v) is 20.5. The molecule has 0 saturated carbocycles. The van der Waals surface area contributed by atoms with Crippen molar-refractivity contribution in [1.82, 2.24) is 9.47 Å². The number of carbonyl (C=O) groups is 2. The third-order valence-corrected chi connectivity index (χ3v) is 6.67. The molecule has 1 aromatic heterocycles. The summed E-state index contributed by atoms with van der Waals surface area (Å²) in [6, 6.07) is 22.8. The Labute approximate surface area is 214 Å². The summed E-state index contributed by atoms with van der Waals surface area (Å²) in [6.07, 6.45) is 3.42. The van der Waals surface area contributed by atoms with Gasteiger partial charge in [0.25, 0.3) is 5.91 Å². The number of hydrogen-bond acceptors (Lipinski definition) is 2. The van der Waals surface area contributed by atoms with Gasteiger partial charge in [-0.25, -0.2) is 8.78 Å². The first-order valence-electron chi connectivity index (χ1n) is 12.4. The van der Waals surface area contributed by atoms with Gasteiger partial charge in [0.05, 0.1) is 22.6 Å². The van der Waals surface area contributed by atoms with Gasteiger partial charge in [0, 0.05) is 12.7 Å². The summed E-state index contributed by atoms with van der Waals surface area (Å²) < 4.78 is 30.3. The summed E-state index contributed by atoms with van der Waals surface area (Å²) in [5, 5.41) is 0. The normalized spacial score (nSPS) is 14.1. The number of carbonyl (C=O) groups excluding carboxylic acids is 2. The van der Waals surface area contributed by atoms with Gasteiger partial charge in [-0.1, -0.05) is 49.7 Å². The summed E-state index contributed by atoms with van der Waals surface area (Å²) in [5.41, 5.74) is 3.03. The summed E-state index contributed by atoms with van der Waals surface area (Å²) in [4.78, 5) is 30.5.